The Kier molecular flexibility index (Phi) is 3.61. The van der Waals surface area contributed by atoms with Crippen molar-refractivity contribution >= 4 is 17.4 Å². The van der Waals surface area contributed by atoms with Crippen molar-refractivity contribution < 1.29 is 14.5 Å². The zero-order valence-corrected chi connectivity index (χ0v) is 10.4. The molecule has 0 radical (unpaired) electrons. The van der Waals surface area contributed by atoms with Gasteiger partial charge < -0.3 is 15.4 Å². The van der Waals surface area contributed by atoms with Gasteiger partial charge in [-0.15, -0.1) is 0 Å². The summed E-state index contributed by atoms with van der Waals surface area (Å²) in [5, 5.41) is 10.9. The Bertz CT molecular complexity index is 513. The lowest BCUT2D eigenvalue weighted by atomic mass is 10.1. The minimum absolute atomic E-state index is 0.0492. The van der Waals surface area contributed by atoms with E-state index >= 15 is 0 Å². The first kappa shape index (κ1) is 13.2. The van der Waals surface area contributed by atoms with Gasteiger partial charge in [0.05, 0.1) is 17.6 Å². The molecule has 0 aliphatic carbocycles. The van der Waals surface area contributed by atoms with E-state index in [1.54, 1.807) is 7.05 Å². The third kappa shape index (κ3) is 2.63. The summed E-state index contributed by atoms with van der Waals surface area (Å²) in [6.45, 7) is 1.03. The van der Waals surface area contributed by atoms with Crippen molar-refractivity contribution in [3.63, 3.8) is 0 Å². The van der Waals surface area contributed by atoms with Gasteiger partial charge in [-0.05, 0) is 12.5 Å². The van der Waals surface area contributed by atoms with Crippen molar-refractivity contribution in [2.24, 2.45) is 0 Å². The number of pyridine rings is 1. The van der Waals surface area contributed by atoms with Gasteiger partial charge in [-0.2, -0.15) is 0 Å². The zero-order valence-electron chi connectivity index (χ0n) is 10.4. The summed E-state index contributed by atoms with van der Waals surface area (Å²) in [6.07, 6.45) is 1.72. The second-order valence-corrected chi connectivity index (χ2v) is 4.32. The lowest BCUT2D eigenvalue weighted by Gasteiger charge is -2.23. The van der Waals surface area contributed by atoms with Crippen LogP contribution in [0.1, 0.15) is 16.8 Å². The molecule has 1 aromatic rings. The second-order valence-electron chi connectivity index (χ2n) is 4.32. The van der Waals surface area contributed by atoms with Crippen LogP contribution in [-0.4, -0.2) is 47.0 Å². The lowest BCUT2D eigenvalue weighted by Crippen LogP contribution is -2.37. The first-order valence-corrected chi connectivity index (χ1v) is 5.75. The summed E-state index contributed by atoms with van der Waals surface area (Å²) in [5.74, 6) is -0.374. The van der Waals surface area contributed by atoms with Crippen LogP contribution >= 0.6 is 0 Å². The third-order valence-electron chi connectivity index (χ3n) is 3.10. The van der Waals surface area contributed by atoms with Crippen molar-refractivity contribution in [1.82, 2.24) is 9.88 Å². The molecule has 19 heavy (non-hydrogen) atoms. The number of ether oxygens (including phenoxy) is 1. The minimum atomic E-state index is -0.640. The predicted molar refractivity (Wildman–Crippen MR) is 66.6 cm³/mol. The first-order chi connectivity index (χ1) is 9.00. The fourth-order valence-corrected chi connectivity index (χ4v) is 1.96. The number of nitrogens with zero attached hydrogens (tertiary/aromatic N) is 3. The van der Waals surface area contributed by atoms with Gasteiger partial charge in [0.1, 0.15) is 17.6 Å². The maximum Gasteiger partial charge on any atom is 0.300 e. The number of nitro groups is 1. The highest BCUT2D eigenvalue weighted by molar-refractivity contribution is 5.98. The molecule has 0 spiro atoms. The summed E-state index contributed by atoms with van der Waals surface area (Å²) < 4.78 is 5.20. The largest absolute Gasteiger partial charge is 0.384 e. The monoisotopic (exact) mass is 266 g/mol. The van der Waals surface area contributed by atoms with Gasteiger partial charge in [-0.3, -0.25) is 14.9 Å². The average Bonchev–Trinajstić information content (AvgIpc) is 2.90. The van der Waals surface area contributed by atoms with Crippen molar-refractivity contribution in [3.8, 4) is 0 Å². The molecule has 0 saturated carbocycles. The Morgan fingerprint density at radius 1 is 1.68 bits per heavy atom. The van der Waals surface area contributed by atoms with Crippen molar-refractivity contribution in [1.29, 1.82) is 0 Å². The van der Waals surface area contributed by atoms with Crippen LogP contribution in [0.4, 0.5) is 11.5 Å². The maximum atomic E-state index is 12.3. The van der Waals surface area contributed by atoms with Crippen molar-refractivity contribution in [2.45, 2.75) is 12.5 Å². The van der Waals surface area contributed by atoms with Gasteiger partial charge in [0.2, 0.25) is 0 Å². The van der Waals surface area contributed by atoms with Gasteiger partial charge in [-0.1, -0.05) is 0 Å². The highest BCUT2D eigenvalue weighted by atomic mass is 16.6. The number of anilines is 1. The van der Waals surface area contributed by atoms with Crippen LogP contribution in [0.2, 0.25) is 0 Å². The molecule has 2 rings (SSSR count). The van der Waals surface area contributed by atoms with Crippen LogP contribution in [0.5, 0.6) is 0 Å². The van der Waals surface area contributed by atoms with E-state index in [0.717, 1.165) is 12.6 Å². The standard InChI is InChI=1S/C11H14N4O4/c1-14(7-2-3-19-6-7)11(16)8-4-10(12)13-5-9(8)15(17)18/h4-5,7H,2-3,6H2,1H3,(H2,12,13). The van der Waals surface area contributed by atoms with E-state index in [1.165, 1.54) is 11.0 Å². The highest BCUT2D eigenvalue weighted by Crippen LogP contribution is 2.22. The molecule has 8 heteroatoms. The number of likely N-dealkylation sites (N-methyl/N-ethyl adjacent to an activating group) is 1. The summed E-state index contributed by atoms with van der Waals surface area (Å²) in [4.78, 5) is 27.7. The third-order valence-corrected chi connectivity index (χ3v) is 3.10. The van der Waals surface area contributed by atoms with Crippen LogP contribution in [0, 0.1) is 10.1 Å². The van der Waals surface area contributed by atoms with Gasteiger partial charge in [-0.25, -0.2) is 4.98 Å². The number of nitrogens with two attached hydrogens (primary N) is 1. The molecule has 1 fully saturated rings. The van der Waals surface area contributed by atoms with Gasteiger partial charge in [0.25, 0.3) is 11.6 Å². The van der Waals surface area contributed by atoms with E-state index in [2.05, 4.69) is 4.98 Å². The Balaban J connectivity index is 2.31. The molecule has 102 valence electrons. The van der Waals surface area contributed by atoms with E-state index < -0.39 is 10.8 Å². The topological polar surface area (TPSA) is 112 Å². The lowest BCUT2D eigenvalue weighted by molar-refractivity contribution is -0.385. The van der Waals surface area contributed by atoms with Crippen LogP contribution in [0.15, 0.2) is 12.3 Å². The van der Waals surface area contributed by atoms with Crippen LogP contribution in [0.3, 0.4) is 0 Å². The maximum absolute atomic E-state index is 12.3. The Hall–Kier alpha value is -2.22. The average molecular weight is 266 g/mol. The predicted octanol–water partition coefficient (Wildman–Crippen LogP) is 0.433. The molecular formula is C11H14N4O4. The number of aromatic nitrogens is 1. The fourth-order valence-electron chi connectivity index (χ4n) is 1.96. The van der Waals surface area contributed by atoms with Gasteiger partial charge >= 0.3 is 0 Å². The number of hydrogen-bond acceptors (Lipinski definition) is 6. The normalized spacial score (nSPS) is 18.3. The van der Waals surface area contributed by atoms with Crippen LogP contribution < -0.4 is 5.73 Å². The number of hydrogen-bond donors (Lipinski definition) is 1. The highest BCUT2D eigenvalue weighted by Gasteiger charge is 2.29. The number of nitrogen functional groups attached to an aromatic ring is 1. The smallest absolute Gasteiger partial charge is 0.300 e. The summed E-state index contributed by atoms with van der Waals surface area (Å²) in [6, 6.07) is 1.16. The molecule has 8 nitrogen and oxygen atoms in total. The van der Waals surface area contributed by atoms with Crippen molar-refractivity contribution in [3.05, 3.63) is 27.9 Å². The molecule has 1 aliphatic rings. The fraction of sp³-hybridized carbons (Fsp3) is 0.455. The molecule has 1 aliphatic heterocycles. The molecule has 2 N–H and O–H groups in total. The van der Waals surface area contributed by atoms with Crippen molar-refractivity contribution in [2.75, 3.05) is 26.0 Å². The minimum Gasteiger partial charge on any atom is -0.384 e. The van der Waals surface area contributed by atoms with E-state index in [9.17, 15) is 14.9 Å². The Morgan fingerprint density at radius 2 is 2.42 bits per heavy atom. The van der Waals surface area contributed by atoms with E-state index in [0.29, 0.717) is 13.2 Å². The SMILES string of the molecule is CN(C(=O)c1cc(N)ncc1[N+](=O)[O-])C1CCOC1. The molecule has 1 unspecified atom stereocenters. The molecule has 0 bridgehead atoms. The molecule has 1 atom stereocenters. The van der Waals surface area contributed by atoms with E-state index in [-0.39, 0.29) is 23.1 Å². The molecule has 1 amide bonds. The Morgan fingerprint density at radius 3 is 3.00 bits per heavy atom. The second kappa shape index (κ2) is 5.19. The van der Waals surface area contributed by atoms with E-state index in [4.69, 9.17) is 10.5 Å². The summed E-state index contributed by atoms with van der Waals surface area (Å²) in [5.41, 5.74) is 5.10. The van der Waals surface area contributed by atoms with E-state index in [1.807, 2.05) is 0 Å². The van der Waals surface area contributed by atoms with Crippen LogP contribution in [0.25, 0.3) is 0 Å². The molecule has 0 aromatic carbocycles. The van der Waals surface area contributed by atoms with Gasteiger partial charge in [0.15, 0.2) is 0 Å². The summed E-state index contributed by atoms with van der Waals surface area (Å²) >= 11 is 0. The molecule has 1 aromatic heterocycles. The number of carbonyl (C=O) groups excluding carboxylic acids is 1. The first-order valence-electron chi connectivity index (χ1n) is 5.75. The van der Waals surface area contributed by atoms with Crippen LogP contribution in [-0.2, 0) is 4.74 Å². The van der Waals surface area contributed by atoms with Gasteiger partial charge in [0, 0.05) is 13.7 Å². The number of amides is 1. The Labute approximate surface area is 109 Å². The zero-order chi connectivity index (χ0) is 14.0. The number of carbonyl (C=O) groups is 1. The molecular weight excluding hydrogens is 252 g/mol. The molecule has 1 saturated heterocycles. The molecule has 2 heterocycles. The number of rotatable bonds is 3. The quantitative estimate of drug-likeness (QED) is 0.627. The summed E-state index contributed by atoms with van der Waals surface area (Å²) in [7, 11) is 1.60.